The Morgan fingerprint density at radius 3 is 2.50 bits per heavy atom. The van der Waals surface area contributed by atoms with Gasteiger partial charge in [0, 0.05) is 4.90 Å². The first-order valence-electron chi connectivity index (χ1n) is 5.57. The summed E-state index contributed by atoms with van der Waals surface area (Å²) in [6.45, 7) is 1.82. The smallest absolute Gasteiger partial charge is 0.186 e. The molecule has 1 aromatic rings. The highest BCUT2D eigenvalue weighted by Crippen LogP contribution is 2.76. The Hall–Kier alpha value is -1.41. The second-order valence-electron chi connectivity index (χ2n) is 4.05. The molecule has 96 valence electrons. The number of fused-ring (bicyclic) bond motifs is 1. The fourth-order valence-corrected chi connectivity index (χ4v) is 4.91. The maximum atomic E-state index is 13.4. The van der Waals surface area contributed by atoms with Crippen LogP contribution in [0, 0.1) is 10.7 Å². The van der Waals surface area contributed by atoms with Gasteiger partial charge in [0.2, 0.25) is 0 Å². The van der Waals surface area contributed by atoms with E-state index in [2.05, 4.69) is 0 Å². The number of alkyl halides is 3. The minimum absolute atomic E-state index is 0.142. The van der Waals surface area contributed by atoms with Crippen LogP contribution in [0.4, 0.5) is 13.2 Å². The van der Waals surface area contributed by atoms with Gasteiger partial charge in [-0.15, -0.1) is 0 Å². The number of allylic oxidation sites excluding steroid dienone is 1. The fraction of sp³-hybridized carbons (Fsp3) is 0.308. The molecule has 1 atom stereocenters. The van der Waals surface area contributed by atoms with Crippen molar-refractivity contribution >= 4 is 16.1 Å². The van der Waals surface area contributed by atoms with Gasteiger partial charge in [-0.1, -0.05) is 31.5 Å². The molecule has 1 heterocycles. The van der Waals surface area contributed by atoms with Crippen molar-refractivity contribution in [3.8, 4) is 5.40 Å². The largest absolute Gasteiger partial charge is 0.445 e. The number of rotatable bonds is 2. The molecular formula is C13H12F3NS. The summed E-state index contributed by atoms with van der Waals surface area (Å²) in [6, 6.07) is 6.33. The van der Waals surface area contributed by atoms with Crippen molar-refractivity contribution in [1.29, 1.82) is 5.26 Å². The van der Waals surface area contributed by atoms with Gasteiger partial charge in [-0.3, -0.25) is 0 Å². The molecule has 2 rings (SSSR count). The Kier molecular flexibility index (Phi) is 3.16. The topological polar surface area (TPSA) is 23.8 Å². The van der Waals surface area contributed by atoms with Gasteiger partial charge in [-0.25, -0.2) is 0 Å². The predicted molar refractivity (Wildman–Crippen MR) is 66.9 cm³/mol. The molecule has 0 bridgehead atoms. The van der Waals surface area contributed by atoms with Crippen LogP contribution in [-0.2, 0) is 0 Å². The van der Waals surface area contributed by atoms with Crippen LogP contribution in [0.15, 0.2) is 34.1 Å². The number of halogens is 3. The summed E-state index contributed by atoms with van der Waals surface area (Å²) >= 11 is 0. The maximum Gasteiger partial charge on any atom is 0.445 e. The summed E-state index contributed by atoms with van der Waals surface area (Å²) in [7, 11) is -3.51. The van der Waals surface area contributed by atoms with Crippen molar-refractivity contribution in [2.45, 2.75) is 30.2 Å². The number of hydrogen-bond acceptors (Lipinski definition) is 1. The molecule has 1 aliphatic heterocycles. The molecule has 1 aliphatic rings. The fourth-order valence-electron chi connectivity index (χ4n) is 2.19. The summed E-state index contributed by atoms with van der Waals surface area (Å²) in [5.41, 5.74) is -3.97. The molecule has 0 aliphatic carbocycles. The maximum absolute atomic E-state index is 13.4. The lowest BCUT2D eigenvalue weighted by atomic mass is 10.2. The third kappa shape index (κ3) is 1.64. The van der Waals surface area contributed by atoms with Crippen LogP contribution in [0.3, 0.4) is 0 Å². The number of thiocyanates is 1. The lowest BCUT2D eigenvalue weighted by molar-refractivity contribution is -0.0366. The van der Waals surface area contributed by atoms with Crippen LogP contribution in [-0.4, -0.2) is 5.51 Å². The van der Waals surface area contributed by atoms with E-state index in [1.165, 1.54) is 6.07 Å². The first-order chi connectivity index (χ1) is 8.47. The van der Waals surface area contributed by atoms with Crippen molar-refractivity contribution in [1.82, 2.24) is 0 Å². The number of nitrogens with zero attached hydrogens (tertiary/aromatic N) is 1. The zero-order valence-electron chi connectivity index (χ0n) is 9.79. The van der Waals surface area contributed by atoms with Crippen molar-refractivity contribution < 1.29 is 13.2 Å². The van der Waals surface area contributed by atoms with E-state index >= 15 is 0 Å². The second kappa shape index (κ2) is 4.36. The summed E-state index contributed by atoms with van der Waals surface area (Å²) in [5.74, 6) is 0. The van der Waals surface area contributed by atoms with Crippen LogP contribution < -0.4 is 0 Å². The van der Waals surface area contributed by atoms with Crippen LogP contribution >= 0.6 is 10.0 Å². The molecule has 0 spiro atoms. The van der Waals surface area contributed by atoms with Gasteiger partial charge in [0.05, 0.1) is 0 Å². The first kappa shape index (κ1) is 13.0. The number of hydrogen-bond donors (Lipinski definition) is 0. The van der Waals surface area contributed by atoms with E-state index in [1.807, 2.05) is 6.92 Å². The van der Waals surface area contributed by atoms with E-state index in [0.717, 1.165) is 0 Å². The van der Waals surface area contributed by atoms with Crippen molar-refractivity contribution in [3.05, 3.63) is 34.7 Å². The van der Waals surface area contributed by atoms with Gasteiger partial charge in [0.15, 0.2) is 0 Å². The highest BCUT2D eigenvalue weighted by molar-refractivity contribution is 8.41. The third-order valence-electron chi connectivity index (χ3n) is 2.94. The van der Waals surface area contributed by atoms with E-state index < -0.39 is 15.5 Å². The first-order valence-corrected chi connectivity index (χ1v) is 7.21. The van der Waals surface area contributed by atoms with Gasteiger partial charge >= 0.3 is 5.51 Å². The third-order valence-corrected chi connectivity index (χ3v) is 6.05. The quantitative estimate of drug-likeness (QED) is 0.694. The minimum Gasteiger partial charge on any atom is -0.186 e. The SMILES string of the molecule is CCCC1=Cc2ccccc2S1(C#N)C(F)(F)F. The highest BCUT2D eigenvalue weighted by Gasteiger charge is 2.56. The summed E-state index contributed by atoms with van der Waals surface area (Å²) in [4.78, 5) is 0.379. The molecule has 0 radical (unpaired) electrons. The van der Waals surface area contributed by atoms with E-state index in [4.69, 9.17) is 0 Å². The van der Waals surface area contributed by atoms with Crippen molar-refractivity contribution in [3.63, 3.8) is 0 Å². The molecular weight excluding hydrogens is 259 g/mol. The summed E-state index contributed by atoms with van der Waals surface area (Å²) < 4.78 is 40.3. The molecule has 5 heteroatoms. The molecule has 0 saturated heterocycles. The van der Waals surface area contributed by atoms with E-state index in [-0.39, 0.29) is 9.80 Å². The lowest BCUT2D eigenvalue weighted by Crippen LogP contribution is -2.19. The van der Waals surface area contributed by atoms with E-state index in [9.17, 15) is 18.4 Å². The van der Waals surface area contributed by atoms with Gasteiger partial charge < -0.3 is 0 Å². The monoisotopic (exact) mass is 271 g/mol. The normalized spacial score (nSPS) is 25.8. The van der Waals surface area contributed by atoms with Crippen LogP contribution in [0.1, 0.15) is 25.3 Å². The molecule has 0 amide bonds. The molecule has 1 aromatic carbocycles. The average molecular weight is 271 g/mol. The Morgan fingerprint density at radius 1 is 1.28 bits per heavy atom. The molecule has 1 unspecified atom stereocenters. The van der Waals surface area contributed by atoms with Gasteiger partial charge in [0.1, 0.15) is 5.40 Å². The lowest BCUT2D eigenvalue weighted by Gasteiger charge is -2.33. The molecule has 0 N–H and O–H groups in total. The standard InChI is InChI=1S/C13H12F3NS/c1-2-5-11-8-10-6-3-4-7-12(10)18(11,9-17)13(14,15)16/h3-4,6-8H,2,5H2,1H3. The van der Waals surface area contributed by atoms with Gasteiger partial charge in [0.25, 0.3) is 0 Å². The predicted octanol–water partition coefficient (Wildman–Crippen LogP) is 5.01. The van der Waals surface area contributed by atoms with Crippen molar-refractivity contribution in [2.75, 3.05) is 0 Å². The van der Waals surface area contributed by atoms with Gasteiger partial charge in [-0.05, 0) is 39.1 Å². The van der Waals surface area contributed by atoms with Crippen molar-refractivity contribution in [2.24, 2.45) is 0 Å². The number of nitriles is 1. The van der Waals surface area contributed by atoms with Crippen LogP contribution in [0.25, 0.3) is 6.08 Å². The summed E-state index contributed by atoms with van der Waals surface area (Å²) in [5, 5.41) is 10.8. The van der Waals surface area contributed by atoms with Crippen LogP contribution in [0.5, 0.6) is 0 Å². The molecule has 0 aromatic heterocycles. The second-order valence-corrected chi connectivity index (χ2v) is 6.88. The van der Waals surface area contributed by atoms with Gasteiger partial charge in [-0.2, -0.15) is 18.4 Å². The van der Waals surface area contributed by atoms with E-state index in [1.54, 1.807) is 29.7 Å². The molecule has 0 fully saturated rings. The molecule has 1 nitrogen and oxygen atoms in total. The zero-order chi connectivity index (χ0) is 13.4. The zero-order valence-corrected chi connectivity index (χ0v) is 10.6. The van der Waals surface area contributed by atoms with E-state index in [0.29, 0.717) is 18.4 Å². The Labute approximate surface area is 105 Å². The summed E-state index contributed by atoms with van der Waals surface area (Å²) in [6.07, 6.45) is 2.47. The van der Waals surface area contributed by atoms with Crippen LogP contribution in [0.2, 0.25) is 0 Å². The minimum atomic E-state index is -4.50. The average Bonchev–Trinajstić information content (AvgIpc) is 2.63. The Bertz CT molecular complexity index is 542. The highest BCUT2D eigenvalue weighted by atomic mass is 32.3. The Morgan fingerprint density at radius 2 is 1.94 bits per heavy atom. The Balaban J connectivity index is 2.69. The number of benzene rings is 1. The molecule has 18 heavy (non-hydrogen) atoms. The molecule has 0 saturated carbocycles.